The Bertz CT molecular complexity index is 415. The minimum absolute atomic E-state index is 0.198. The van der Waals surface area contributed by atoms with Crippen molar-refractivity contribution in [2.75, 3.05) is 32.7 Å². The third-order valence-electron chi connectivity index (χ3n) is 5.06. The lowest BCUT2D eigenvalue weighted by atomic mass is 9.81. The molecule has 21 heavy (non-hydrogen) atoms. The molecule has 0 aromatic heterocycles. The number of nitrogens with one attached hydrogen (secondary N) is 1. The molecule has 0 aliphatic carbocycles. The van der Waals surface area contributed by atoms with E-state index >= 15 is 0 Å². The number of benzene rings is 1. The van der Waals surface area contributed by atoms with E-state index in [9.17, 15) is 0 Å². The van der Waals surface area contributed by atoms with E-state index in [-0.39, 0.29) is 5.41 Å². The molecule has 1 saturated heterocycles. The summed E-state index contributed by atoms with van der Waals surface area (Å²) < 4.78 is 0. The van der Waals surface area contributed by atoms with Crippen molar-refractivity contribution in [3.05, 3.63) is 35.9 Å². The Hall–Kier alpha value is -0.860. The molecular weight excluding hydrogens is 256 g/mol. The fraction of sp³-hybridized carbons (Fsp3) is 0.684. The number of nitrogens with zero attached hydrogens (tertiary/aromatic N) is 1. The molecule has 1 aliphatic rings. The molecule has 118 valence electrons. The fourth-order valence-corrected chi connectivity index (χ4v) is 3.53. The lowest BCUT2D eigenvalue weighted by Gasteiger charge is -2.35. The second kappa shape index (κ2) is 7.42. The summed E-state index contributed by atoms with van der Waals surface area (Å²) in [6.45, 7) is 15.1. The Labute approximate surface area is 130 Å². The number of hydrogen-bond donors (Lipinski definition) is 1. The van der Waals surface area contributed by atoms with E-state index in [2.05, 4.69) is 68.2 Å². The van der Waals surface area contributed by atoms with E-state index in [0.717, 1.165) is 31.5 Å². The molecular formula is C19H32N2. The summed E-state index contributed by atoms with van der Waals surface area (Å²) in [5, 5.41) is 3.57. The molecule has 1 fully saturated rings. The topological polar surface area (TPSA) is 15.3 Å². The molecule has 1 N–H and O–H groups in total. The first-order valence-corrected chi connectivity index (χ1v) is 8.54. The van der Waals surface area contributed by atoms with Crippen LogP contribution >= 0.6 is 0 Å². The maximum absolute atomic E-state index is 3.57. The van der Waals surface area contributed by atoms with Crippen molar-refractivity contribution in [3.63, 3.8) is 0 Å². The Morgan fingerprint density at radius 1 is 1.29 bits per heavy atom. The van der Waals surface area contributed by atoms with Gasteiger partial charge in [-0.1, -0.05) is 58.0 Å². The highest BCUT2D eigenvalue weighted by Crippen LogP contribution is 2.29. The maximum atomic E-state index is 3.57. The van der Waals surface area contributed by atoms with Gasteiger partial charge in [0.15, 0.2) is 0 Å². The van der Waals surface area contributed by atoms with Crippen LogP contribution in [0.2, 0.25) is 0 Å². The first-order valence-electron chi connectivity index (χ1n) is 8.54. The van der Waals surface area contributed by atoms with Gasteiger partial charge in [0.25, 0.3) is 0 Å². The van der Waals surface area contributed by atoms with Gasteiger partial charge in [-0.15, -0.1) is 0 Å². The second-order valence-electron chi connectivity index (χ2n) is 7.23. The third-order valence-corrected chi connectivity index (χ3v) is 5.06. The van der Waals surface area contributed by atoms with Gasteiger partial charge >= 0.3 is 0 Å². The highest BCUT2D eigenvalue weighted by molar-refractivity contribution is 5.25. The van der Waals surface area contributed by atoms with Crippen LogP contribution in [-0.4, -0.2) is 37.6 Å². The van der Waals surface area contributed by atoms with Crippen molar-refractivity contribution in [1.29, 1.82) is 0 Å². The minimum Gasteiger partial charge on any atom is -0.316 e. The van der Waals surface area contributed by atoms with Crippen LogP contribution in [0.15, 0.2) is 30.3 Å². The van der Waals surface area contributed by atoms with E-state index in [1.54, 1.807) is 0 Å². The van der Waals surface area contributed by atoms with Gasteiger partial charge in [-0.05, 0) is 36.9 Å². The van der Waals surface area contributed by atoms with Crippen molar-refractivity contribution >= 4 is 0 Å². The van der Waals surface area contributed by atoms with Crippen LogP contribution < -0.4 is 5.32 Å². The Morgan fingerprint density at radius 3 is 2.57 bits per heavy atom. The first kappa shape index (κ1) is 16.5. The average molecular weight is 288 g/mol. The highest BCUT2D eigenvalue weighted by atomic mass is 15.2. The zero-order valence-corrected chi connectivity index (χ0v) is 14.2. The molecule has 0 amide bonds. The molecule has 2 heteroatoms. The summed E-state index contributed by atoms with van der Waals surface area (Å²) in [6.07, 6.45) is 1.36. The molecule has 0 saturated carbocycles. The highest BCUT2D eigenvalue weighted by Gasteiger charge is 2.33. The molecule has 0 radical (unpaired) electrons. The van der Waals surface area contributed by atoms with E-state index < -0.39 is 0 Å². The van der Waals surface area contributed by atoms with Crippen LogP contribution in [0.3, 0.4) is 0 Å². The summed E-state index contributed by atoms with van der Waals surface area (Å²) in [4.78, 5) is 2.68. The van der Waals surface area contributed by atoms with Crippen LogP contribution in [0.4, 0.5) is 0 Å². The smallest absolute Gasteiger partial charge is 0.0177 e. The predicted molar refractivity (Wildman–Crippen MR) is 91.7 cm³/mol. The van der Waals surface area contributed by atoms with Crippen LogP contribution in [0.5, 0.6) is 0 Å². The second-order valence-corrected chi connectivity index (χ2v) is 7.23. The summed E-state index contributed by atoms with van der Waals surface area (Å²) in [7, 11) is 0. The van der Waals surface area contributed by atoms with E-state index in [4.69, 9.17) is 0 Å². The number of likely N-dealkylation sites (N-methyl/N-ethyl adjacent to an activating group) is 1. The number of likely N-dealkylation sites (tertiary alicyclic amines) is 1. The molecule has 1 aromatic rings. The summed E-state index contributed by atoms with van der Waals surface area (Å²) in [6, 6.07) is 11.0. The maximum Gasteiger partial charge on any atom is 0.0177 e. The first-order chi connectivity index (χ1) is 10.0. The number of rotatable bonds is 7. The van der Waals surface area contributed by atoms with Gasteiger partial charge in [-0.2, -0.15) is 0 Å². The van der Waals surface area contributed by atoms with Crippen molar-refractivity contribution < 1.29 is 0 Å². The van der Waals surface area contributed by atoms with Crippen LogP contribution in [-0.2, 0) is 5.41 Å². The SMILES string of the molecule is CCNCC(C)(CN1CCC(C(C)C)C1)c1ccccc1. The monoisotopic (exact) mass is 288 g/mol. The molecule has 1 aliphatic heterocycles. The number of hydrogen-bond acceptors (Lipinski definition) is 2. The van der Waals surface area contributed by atoms with E-state index in [0.29, 0.717) is 0 Å². The molecule has 2 unspecified atom stereocenters. The van der Waals surface area contributed by atoms with Crippen molar-refractivity contribution in [2.24, 2.45) is 11.8 Å². The lowest BCUT2D eigenvalue weighted by molar-refractivity contribution is 0.236. The van der Waals surface area contributed by atoms with Crippen LogP contribution in [0, 0.1) is 11.8 Å². The Morgan fingerprint density at radius 2 is 2.00 bits per heavy atom. The molecule has 2 nitrogen and oxygen atoms in total. The molecule has 2 rings (SSSR count). The van der Waals surface area contributed by atoms with Gasteiger partial charge in [0.05, 0.1) is 0 Å². The normalized spacial score (nSPS) is 22.6. The minimum atomic E-state index is 0.198. The van der Waals surface area contributed by atoms with E-state index in [1.807, 2.05) is 0 Å². The van der Waals surface area contributed by atoms with Gasteiger partial charge < -0.3 is 10.2 Å². The largest absolute Gasteiger partial charge is 0.316 e. The van der Waals surface area contributed by atoms with Crippen LogP contribution in [0.25, 0.3) is 0 Å². The molecule has 1 heterocycles. The summed E-state index contributed by atoms with van der Waals surface area (Å²) >= 11 is 0. The van der Waals surface area contributed by atoms with Gasteiger partial charge in [0.2, 0.25) is 0 Å². The Balaban J connectivity index is 2.07. The standard InChI is InChI=1S/C19H32N2/c1-5-20-14-19(4,18-9-7-6-8-10-18)15-21-12-11-17(13-21)16(2)3/h6-10,16-17,20H,5,11-15H2,1-4H3. The van der Waals surface area contributed by atoms with Crippen molar-refractivity contribution in [3.8, 4) is 0 Å². The molecule has 0 spiro atoms. The summed E-state index contributed by atoms with van der Waals surface area (Å²) in [5.41, 5.74) is 1.65. The Kier molecular flexibility index (Phi) is 5.83. The third kappa shape index (κ3) is 4.31. The zero-order chi connectivity index (χ0) is 15.3. The fourth-order valence-electron chi connectivity index (χ4n) is 3.53. The quantitative estimate of drug-likeness (QED) is 0.825. The predicted octanol–water partition coefficient (Wildman–Crippen LogP) is 3.53. The molecule has 2 atom stereocenters. The van der Waals surface area contributed by atoms with Crippen LogP contribution in [0.1, 0.15) is 39.7 Å². The zero-order valence-electron chi connectivity index (χ0n) is 14.2. The van der Waals surface area contributed by atoms with Crippen molar-refractivity contribution in [2.45, 2.75) is 39.5 Å². The van der Waals surface area contributed by atoms with Gasteiger partial charge in [0.1, 0.15) is 0 Å². The van der Waals surface area contributed by atoms with Crippen molar-refractivity contribution in [1.82, 2.24) is 10.2 Å². The lowest BCUT2D eigenvalue weighted by Crippen LogP contribution is -2.45. The average Bonchev–Trinajstić information content (AvgIpc) is 2.95. The molecule has 0 bridgehead atoms. The molecule has 1 aromatic carbocycles. The van der Waals surface area contributed by atoms with Gasteiger partial charge in [-0.3, -0.25) is 0 Å². The summed E-state index contributed by atoms with van der Waals surface area (Å²) in [5.74, 6) is 1.69. The van der Waals surface area contributed by atoms with Gasteiger partial charge in [0, 0.05) is 25.0 Å². The van der Waals surface area contributed by atoms with Gasteiger partial charge in [-0.25, -0.2) is 0 Å². The van der Waals surface area contributed by atoms with E-state index in [1.165, 1.54) is 25.1 Å².